The first-order chi connectivity index (χ1) is 22.4. The number of benzene rings is 1. The normalized spacial score (nSPS) is 16.1. The first-order valence-corrected chi connectivity index (χ1v) is 16.1. The average Bonchev–Trinajstić information content (AvgIpc) is 3.69. The van der Waals surface area contributed by atoms with Gasteiger partial charge in [-0.05, 0) is 57.1 Å². The highest BCUT2D eigenvalue weighted by Crippen LogP contribution is 2.24. The molecule has 1 aliphatic rings. The fourth-order valence-corrected chi connectivity index (χ4v) is 6.10. The number of aromatic nitrogens is 1. The molecule has 0 saturated carbocycles. The van der Waals surface area contributed by atoms with Gasteiger partial charge in [-0.25, -0.2) is 4.98 Å². The molecule has 1 saturated heterocycles. The molecular formula is C29H44N12O5S. The first-order valence-electron chi connectivity index (χ1n) is 15.3. The highest BCUT2D eigenvalue weighted by Gasteiger charge is 2.39. The number of hydrogen-bond donors (Lipinski definition) is 8. The molecule has 18 heteroatoms. The second-order valence-corrected chi connectivity index (χ2v) is 12.2. The van der Waals surface area contributed by atoms with Gasteiger partial charge in [0.25, 0.3) is 0 Å². The average molecular weight is 673 g/mol. The Morgan fingerprint density at radius 1 is 0.915 bits per heavy atom. The molecule has 1 aliphatic heterocycles. The van der Waals surface area contributed by atoms with E-state index in [0.29, 0.717) is 31.2 Å². The van der Waals surface area contributed by atoms with Crippen molar-refractivity contribution >= 4 is 62.9 Å². The van der Waals surface area contributed by atoms with Crippen LogP contribution in [0.4, 0.5) is 0 Å². The number of thiazole rings is 1. The number of Topliss-reactive ketones (excluding diaryl/α,β-unsaturated/α-hetero) is 1. The van der Waals surface area contributed by atoms with E-state index in [1.54, 1.807) is 6.07 Å². The Morgan fingerprint density at radius 2 is 1.57 bits per heavy atom. The highest BCUT2D eigenvalue weighted by atomic mass is 32.1. The summed E-state index contributed by atoms with van der Waals surface area (Å²) < 4.78 is 0.825. The van der Waals surface area contributed by atoms with Gasteiger partial charge in [0.1, 0.15) is 12.1 Å². The molecule has 2 heterocycles. The summed E-state index contributed by atoms with van der Waals surface area (Å²) >= 11 is 1.22. The Hall–Kier alpha value is -4.84. The van der Waals surface area contributed by atoms with Gasteiger partial charge in [0.05, 0.1) is 22.3 Å². The molecule has 256 valence electrons. The topological polar surface area (TPSA) is 306 Å². The van der Waals surface area contributed by atoms with Gasteiger partial charge in [-0.15, -0.1) is 11.3 Å². The lowest BCUT2D eigenvalue weighted by molar-refractivity contribution is -0.142. The molecule has 2 aromatic rings. The molecule has 17 nitrogen and oxygen atoms in total. The number of ketones is 1. The van der Waals surface area contributed by atoms with Crippen LogP contribution in [0.15, 0.2) is 34.3 Å². The van der Waals surface area contributed by atoms with Gasteiger partial charge in [0.2, 0.25) is 29.4 Å². The molecule has 4 atom stereocenters. The van der Waals surface area contributed by atoms with E-state index in [4.69, 9.17) is 34.4 Å². The molecule has 0 radical (unpaired) electrons. The largest absolute Gasteiger partial charge is 0.370 e. The molecule has 14 N–H and O–H groups in total. The van der Waals surface area contributed by atoms with Gasteiger partial charge >= 0.3 is 0 Å². The number of para-hydroxylation sites is 1. The number of amides is 4. The number of carbonyl (C=O) groups is 5. The van der Waals surface area contributed by atoms with Gasteiger partial charge in [-0.2, -0.15) is 0 Å². The van der Waals surface area contributed by atoms with E-state index in [9.17, 15) is 24.0 Å². The number of carbonyl (C=O) groups excluding carboxylic acids is 5. The Kier molecular flexibility index (Phi) is 13.8. The van der Waals surface area contributed by atoms with Crippen LogP contribution in [0.25, 0.3) is 10.2 Å². The number of fused-ring (bicyclic) bond motifs is 1. The van der Waals surface area contributed by atoms with Crippen LogP contribution < -0.4 is 45.0 Å². The van der Waals surface area contributed by atoms with Gasteiger partial charge in [0.15, 0.2) is 16.9 Å². The van der Waals surface area contributed by atoms with Crippen LogP contribution in [0.3, 0.4) is 0 Å². The molecule has 1 fully saturated rings. The number of nitrogens with zero attached hydrogens (tertiary/aromatic N) is 4. The number of rotatable bonds is 18. The van der Waals surface area contributed by atoms with E-state index >= 15 is 0 Å². The molecule has 0 aliphatic carbocycles. The van der Waals surface area contributed by atoms with Gasteiger partial charge < -0.3 is 49.9 Å². The van der Waals surface area contributed by atoms with E-state index < -0.39 is 47.8 Å². The second kappa shape index (κ2) is 17.7. The molecule has 0 spiro atoms. The van der Waals surface area contributed by atoms with Gasteiger partial charge in [0, 0.05) is 26.1 Å². The molecular weight excluding hydrogens is 628 g/mol. The maximum atomic E-state index is 13.8. The summed E-state index contributed by atoms with van der Waals surface area (Å²) in [6.45, 7) is 0.744. The van der Waals surface area contributed by atoms with Gasteiger partial charge in [-0.3, -0.25) is 34.0 Å². The van der Waals surface area contributed by atoms with Crippen LogP contribution in [-0.4, -0.2) is 95.0 Å². The number of nitrogens with one attached hydrogen (secondary N) is 2. The zero-order chi connectivity index (χ0) is 34.5. The minimum atomic E-state index is -1.16. The summed E-state index contributed by atoms with van der Waals surface area (Å²) in [4.78, 5) is 79.1. The fraction of sp³-hybridized carbons (Fsp3) is 0.517. The number of nitrogens with two attached hydrogens (primary N) is 6. The van der Waals surface area contributed by atoms with Crippen molar-refractivity contribution in [2.45, 2.75) is 75.5 Å². The summed E-state index contributed by atoms with van der Waals surface area (Å²) in [5.41, 5.74) is 33.5. The molecule has 3 rings (SSSR count). The monoisotopic (exact) mass is 672 g/mol. The molecule has 1 aromatic heterocycles. The molecule has 4 amide bonds. The van der Waals surface area contributed by atoms with Crippen molar-refractivity contribution < 1.29 is 24.0 Å². The SMILES string of the molecule is NC(=O)CC[C@H](NC(=O)[C@@H](N)CCCN=C(N)N)C(=O)N1CCC[C@H]1C(=O)N[C@@H](CCCN=C(N)N)C(=O)c1nc2ccccc2s1. The molecule has 47 heavy (non-hydrogen) atoms. The number of guanidine groups is 2. The highest BCUT2D eigenvalue weighted by molar-refractivity contribution is 7.20. The summed E-state index contributed by atoms with van der Waals surface area (Å²) in [7, 11) is 0. The number of primary amides is 1. The molecule has 0 unspecified atom stereocenters. The summed E-state index contributed by atoms with van der Waals surface area (Å²) in [6.07, 6.45) is 1.83. The minimum Gasteiger partial charge on any atom is -0.370 e. The van der Waals surface area contributed by atoms with E-state index in [1.165, 1.54) is 16.2 Å². The van der Waals surface area contributed by atoms with Crippen LogP contribution in [-0.2, 0) is 19.2 Å². The van der Waals surface area contributed by atoms with E-state index in [1.807, 2.05) is 18.2 Å². The van der Waals surface area contributed by atoms with Gasteiger partial charge in [-0.1, -0.05) is 12.1 Å². The second-order valence-electron chi connectivity index (χ2n) is 11.2. The third kappa shape index (κ3) is 11.2. The summed E-state index contributed by atoms with van der Waals surface area (Å²) in [6, 6.07) is 3.29. The van der Waals surface area contributed by atoms with Crippen LogP contribution in [0.1, 0.15) is 61.2 Å². The Labute approximate surface area is 275 Å². The van der Waals surface area contributed by atoms with Crippen molar-refractivity contribution in [3.63, 3.8) is 0 Å². The summed E-state index contributed by atoms with van der Waals surface area (Å²) in [5.74, 6) is -2.91. The molecule has 1 aromatic carbocycles. The zero-order valence-electron chi connectivity index (χ0n) is 26.1. The third-order valence-electron chi connectivity index (χ3n) is 7.52. The van der Waals surface area contributed by atoms with Crippen LogP contribution in [0.2, 0.25) is 0 Å². The maximum absolute atomic E-state index is 13.8. The Morgan fingerprint density at radius 3 is 2.21 bits per heavy atom. The maximum Gasteiger partial charge on any atom is 0.245 e. The number of likely N-dealkylation sites (tertiary alicyclic amines) is 1. The van der Waals surface area contributed by atoms with Crippen LogP contribution in [0, 0.1) is 0 Å². The van der Waals surface area contributed by atoms with Crippen molar-refractivity contribution in [2.75, 3.05) is 19.6 Å². The number of hydrogen-bond acceptors (Lipinski definition) is 10. The lowest BCUT2D eigenvalue weighted by Crippen LogP contribution is -2.56. The zero-order valence-corrected chi connectivity index (χ0v) is 26.9. The van der Waals surface area contributed by atoms with Crippen molar-refractivity contribution in [1.82, 2.24) is 20.5 Å². The first kappa shape index (κ1) is 36.6. The van der Waals surface area contributed by atoms with Crippen molar-refractivity contribution in [1.29, 1.82) is 0 Å². The quantitative estimate of drug-likeness (QED) is 0.0376. The lowest BCUT2D eigenvalue weighted by atomic mass is 10.0. The predicted octanol–water partition coefficient (Wildman–Crippen LogP) is -1.86. The van der Waals surface area contributed by atoms with E-state index in [-0.39, 0.29) is 68.0 Å². The van der Waals surface area contributed by atoms with E-state index in [0.717, 1.165) is 4.70 Å². The van der Waals surface area contributed by atoms with Crippen molar-refractivity contribution in [3.8, 4) is 0 Å². The Balaban J connectivity index is 1.74. The lowest BCUT2D eigenvalue weighted by Gasteiger charge is -2.30. The van der Waals surface area contributed by atoms with Crippen molar-refractivity contribution in [3.05, 3.63) is 29.3 Å². The minimum absolute atomic E-state index is 0.0808. The Bertz CT molecular complexity index is 1450. The summed E-state index contributed by atoms with van der Waals surface area (Å²) in [5, 5.41) is 5.68. The third-order valence-corrected chi connectivity index (χ3v) is 8.57. The van der Waals surface area contributed by atoms with Crippen LogP contribution in [0.5, 0.6) is 0 Å². The number of aliphatic imine (C=N–C) groups is 2. The standard InChI is InChI=1S/C29H44N12O5S/c30-16(6-3-13-36-28(32)33)24(44)39-19(11-12-22(31)42)27(46)41-15-5-9-20(41)25(45)38-18(8-4-14-37-29(34)35)23(43)26-40-17-7-1-2-10-21(17)47-26/h1-2,7,10,16,18-20H,3-6,8-9,11-15,30H2,(H2,31,42)(H,38,45)(H,39,44)(H4,32,33,36)(H4,34,35,37)/t16-,18-,19-,20-/m0/s1. The molecule has 0 bridgehead atoms. The van der Waals surface area contributed by atoms with Crippen LogP contribution >= 0.6 is 11.3 Å². The van der Waals surface area contributed by atoms with E-state index in [2.05, 4.69) is 25.6 Å². The smallest absolute Gasteiger partial charge is 0.245 e. The predicted molar refractivity (Wildman–Crippen MR) is 179 cm³/mol. The fourth-order valence-electron chi connectivity index (χ4n) is 5.14. The van der Waals surface area contributed by atoms with Crippen molar-refractivity contribution in [2.24, 2.45) is 44.4 Å².